The molecular weight excluding hydrogens is 276 g/mol. The fourth-order valence-corrected chi connectivity index (χ4v) is 1.99. The summed E-state index contributed by atoms with van der Waals surface area (Å²) in [6.45, 7) is 4.58. The Labute approximate surface area is 131 Å². The quantitative estimate of drug-likeness (QED) is 0.814. The van der Waals surface area contributed by atoms with Gasteiger partial charge in [-0.25, -0.2) is 0 Å². The molecule has 2 aromatic rings. The van der Waals surface area contributed by atoms with Crippen LogP contribution in [0.3, 0.4) is 0 Å². The van der Waals surface area contributed by atoms with Crippen molar-refractivity contribution in [1.29, 1.82) is 0 Å². The van der Waals surface area contributed by atoms with E-state index in [2.05, 4.69) is 10.6 Å². The van der Waals surface area contributed by atoms with Gasteiger partial charge in [0.2, 0.25) is 5.91 Å². The summed E-state index contributed by atoms with van der Waals surface area (Å²) in [4.78, 5) is 11.8. The smallest absolute Gasteiger partial charge is 0.226 e. The second-order valence-corrected chi connectivity index (χ2v) is 5.28. The van der Waals surface area contributed by atoms with E-state index in [0.29, 0.717) is 13.0 Å². The first-order chi connectivity index (χ1) is 10.6. The third-order valence-electron chi connectivity index (χ3n) is 2.96. The Hall–Kier alpha value is -2.49. The highest BCUT2D eigenvalue weighted by Gasteiger charge is 2.02. The molecule has 0 heterocycles. The molecule has 116 valence electrons. The SMILES string of the molecule is CC(C)Oc1ccc(NCCC(=O)Nc2ccccc2)cc1. The molecular formula is C18H22N2O2. The number of carbonyl (C=O) groups excluding carboxylic acids is 1. The lowest BCUT2D eigenvalue weighted by atomic mass is 10.2. The minimum absolute atomic E-state index is 0.00142. The molecule has 0 saturated carbocycles. The second-order valence-electron chi connectivity index (χ2n) is 5.28. The van der Waals surface area contributed by atoms with Gasteiger partial charge in [0.1, 0.15) is 5.75 Å². The standard InChI is InChI=1S/C18H22N2O2/c1-14(2)22-17-10-8-15(9-11-17)19-13-12-18(21)20-16-6-4-3-5-7-16/h3-11,14,19H,12-13H2,1-2H3,(H,20,21). The highest BCUT2D eigenvalue weighted by Crippen LogP contribution is 2.16. The van der Waals surface area contributed by atoms with Crippen LogP contribution in [0, 0.1) is 0 Å². The van der Waals surface area contributed by atoms with Gasteiger partial charge < -0.3 is 15.4 Å². The van der Waals surface area contributed by atoms with E-state index < -0.39 is 0 Å². The maximum Gasteiger partial charge on any atom is 0.226 e. The number of ether oxygens (including phenoxy) is 1. The summed E-state index contributed by atoms with van der Waals surface area (Å²) >= 11 is 0. The van der Waals surface area contributed by atoms with Crippen LogP contribution in [0.25, 0.3) is 0 Å². The Bertz CT molecular complexity index is 580. The predicted molar refractivity (Wildman–Crippen MR) is 90.4 cm³/mol. The van der Waals surface area contributed by atoms with Crippen LogP contribution in [0.5, 0.6) is 5.75 Å². The second kappa shape index (κ2) is 8.08. The van der Waals surface area contributed by atoms with Crippen LogP contribution in [0.2, 0.25) is 0 Å². The summed E-state index contributed by atoms with van der Waals surface area (Å²) < 4.78 is 5.59. The number of anilines is 2. The van der Waals surface area contributed by atoms with Crippen molar-refractivity contribution < 1.29 is 9.53 Å². The van der Waals surface area contributed by atoms with Crippen molar-refractivity contribution in [3.05, 3.63) is 54.6 Å². The summed E-state index contributed by atoms with van der Waals surface area (Å²) in [6.07, 6.45) is 0.583. The van der Waals surface area contributed by atoms with E-state index in [0.717, 1.165) is 17.1 Å². The molecule has 0 aliphatic rings. The van der Waals surface area contributed by atoms with E-state index in [9.17, 15) is 4.79 Å². The highest BCUT2D eigenvalue weighted by molar-refractivity contribution is 5.90. The molecule has 0 unspecified atom stereocenters. The molecule has 0 bridgehead atoms. The third kappa shape index (κ3) is 5.48. The zero-order valence-corrected chi connectivity index (χ0v) is 13.0. The highest BCUT2D eigenvalue weighted by atomic mass is 16.5. The monoisotopic (exact) mass is 298 g/mol. The van der Waals surface area contributed by atoms with Crippen LogP contribution >= 0.6 is 0 Å². The molecule has 0 spiro atoms. The molecule has 0 fully saturated rings. The number of amides is 1. The van der Waals surface area contributed by atoms with Crippen molar-refractivity contribution in [2.75, 3.05) is 17.2 Å². The van der Waals surface area contributed by atoms with Crippen LogP contribution in [-0.4, -0.2) is 18.6 Å². The fourth-order valence-electron chi connectivity index (χ4n) is 1.99. The van der Waals surface area contributed by atoms with Crippen LogP contribution in [0.4, 0.5) is 11.4 Å². The Morgan fingerprint density at radius 1 is 1.00 bits per heavy atom. The van der Waals surface area contributed by atoms with E-state index in [1.807, 2.05) is 68.4 Å². The van der Waals surface area contributed by atoms with Crippen LogP contribution in [-0.2, 0) is 4.79 Å². The average Bonchev–Trinajstić information content (AvgIpc) is 2.49. The van der Waals surface area contributed by atoms with Gasteiger partial charge in [-0.2, -0.15) is 0 Å². The molecule has 2 N–H and O–H groups in total. The Morgan fingerprint density at radius 3 is 2.32 bits per heavy atom. The Morgan fingerprint density at radius 2 is 1.68 bits per heavy atom. The Kier molecular flexibility index (Phi) is 5.83. The number of para-hydroxylation sites is 1. The Balaban J connectivity index is 1.73. The van der Waals surface area contributed by atoms with E-state index in [1.165, 1.54) is 0 Å². The maximum absolute atomic E-state index is 11.8. The van der Waals surface area contributed by atoms with Gasteiger partial charge in [-0.1, -0.05) is 18.2 Å². The molecule has 0 aliphatic carbocycles. The molecule has 0 aromatic heterocycles. The van der Waals surface area contributed by atoms with Crippen molar-refractivity contribution >= 4 is 17.3 Å². The van der Waals surface area contributed by atoms with Gasteiger partial charge in [0.25, 0.3) is 0 Å². The normalized spacial score (nSPS) is 10.3. The van der Waals surface area contributed by atoms with Gasteiger partial charge >= 0.3 is 0 Å². The molecule has 4 heteroatoms. The number of benzene rings is 2. The number of hydrogen-bond donors (Lipinski definition) is 2. The zero-order valence-electron chi connectivity index (χ0n) is 13.0. The van der Waals surface area contributed by atoms with Gasteiger partial charge in [0.15, 0.2) is 0 Å². The van der Waals surface area contributed by atoms with Crippen molar-refractivity contribution in [2.45, 2.75) is 26.4 Å². The fraction of sp³-hybridized carbons (Fsp3) is 0.278. The molecule has 2 aromatic carbocycles. The van der Waals surface area contributed by atoms with Gasteiger partial charge in [-0.15, -0.1) is 0 Å². The summed E-state index contributed by atoms with van der Waals surface area (Å²) in [5.74, 6) is 0.848. The lowest BCUT2D eigenvalue weighted by molar-refractivity contribution is -0.115. The molecule has 1 amide bonds. The zero-order chi connectivity index (χ0) is 15.8. The largest absolute Gasteiger partial charge is 0.491 e. The number of rotatable bonds is 7. The molecule has 2 rings (SSSR count). The van der Waals surface area contributed by atoms with E-state index in [-0.39, 0.29) is 12.0 Å². The van der Waals surface area contributed by atoms with Crippen molar-refractivity contribution in [2.24, 2.45) is 0 Å². The summed E-state index contributed by atoms with van der Waals surface area (Å²) in [5.41, 5.74) is 1.80. The van der Waals surface area contributed by atoms with E-state index in [4.69, 9.17) is 4.74 Å². The molecule has 0 saturated heterocycles. The first-order valence-corrected chi connectivity index (χ1v) is 7.49. The minimum Gasteiger partial charge on any atom is -0.491 e. The maximum atomic E-state index is 11.8. The van der Waals surface area contributed by atoms with Crippen molar-refractivity contribution in [3.63, 3.8) is 0 Å². The topological polar surface area (TPSA) is 50.4 Å². The predicted octanol–water partition coefficient (Wildman–Crippen LogP) is 3.91. The van der Waals surface area contributed by atoms with Gasteiger partial charge in [-0.05, 0) is 50.2 Å². The van der Waals surface area contributed by atoms with Gasteiger partial charge in [0, 0.05) is 24.3 Å². The summed E-state index contributed by atoms with van der Waals surface area (Å²) in [7, 11) is 0. The van der Waals surface area contributed by atoms with Crippen LogP contribution < -0.4 is 15.4 Å². The first kappa shape index (κ1) is 15.9. The van der Waals surface area contributed by atoms with Crippen LogP contribution in [0.15, 0.2) is 54.6 Å². The number of hydrogen-bond acceptors (Lipinski definition) is 3. The summed E-state index contributed by atoms with van der Waals surface area (Å²) in [6, 6.07) is 17.2. The third-order valence-corrected chi connectivity index (χ3v) is 2.96. The number of carbonyl (C=O) groups is 1. The van der Waals surface area contributed by atoms with Crippen LogP contribution in [0.1, 0.15) is 20.3 Å². The molecule has 0 atom stereocenters. The lowest BCUT2D eigenvalue weighted by Gasteiger charge is -2.11. The summed E-state index contributed by atoms with van der Waals surface area (Å²) in [5, 5.41) is 6.09. The molecule has 0 aliphatic heterocycles. The molecule has 22 heavy (non-hydrogen) atoms. The van der Waals surface area contributed by atoms with E-state index >= 15 is 0 Å². The molecule has 0 radical (unpaired) electrons. The van der Waals surface area contributed by atoms with Crippen molar-refractivity contribution in [3.8, 4) is 5.75 Å². The van der Waals surface area contributed by atoms with Crippen molar-refractivity contribution in [1.82, 2.24) is 0 Å². The molecule has 4 nitrogen and oxygen atoms in total. The average molecular weight is 298 g/mol. The van der Waals surface area contributed by atoms with E-state index in [1.54, 1.807) is 0 Å². The first-order valence-electron chi connectivity index (χ1n) is 7.49. The minimum atomic E-state index is -0.00142. The number of nitrogens with one attached hydrogen (secondary N) is 2. The lowest BCUT2D eigenvalue weighted by Crippen LogP contribution is -2.16. The van der Waals surface area contributed by atoms with Gasteiger partial charge in [-0.3, -0.25) is 4.79 Å². The van der Waals surface area contributed by atoms with Gasteiger partial charge in [0.05, 0.1) is 6.10 Å².